The zero-order chi connectivity index (χ0) is 25.4. The summed E-state index contributed by atoms with van der Waals surface area (Å²) in [5.74, 6) is -1.24. The van der Waals surface area contributed by atoms with Gasteiger partial charge >= 0.3 is 0 Å². The van der Waals surface area contributed by atoms with Crippen molar-refractivity contribution in [1.82, 2.24) is 0 Å². The van der Waals surface area contributed by atoms with E-state index in [0.29, 0.717) is 29.3 Å². The molecule has 0 spiro atoms. The molecule has 0 saturated carbocycles. The Morgan fingerprint density at radius 2 is 1.72 bits per heavy atom. The van der Waals surface area contributed by atoms with Crippen molar-refractivity contribution >= 4 is 40.5 Å². The number of anilines is 2. The number of ether oxygens (including phenoxy) is 1. The number of hydrogen-bond acceptors (Lipinski definition) is 7. The van der Waals surface area contributed by atoms with Gasteiger partial charge in [0.25, 0.3) is 11.6 Å². The van der Waals surface area contributed by atoms with Crippen LogP contribution in [0.4, 0.5) is 17.1 Å². The van der Waals surface area contributed by atoms with Gasteiger partial charge in [-0.25, -0.2) is 9.96 Å². The number of nitro benzene ring substituents is 1. The van der Waals surface area contributed by atoms with Gasteiger partial charge in [-0.05, 0) is 54.4 Å². The summed E-state index contributed by atoms with van der Waals surface area (Å²) in [6.07, 6.45) is -0.235. The molecule has 184 valence electrons. The molecule has 0 aliphatic carbocycles. The molecular weight excluding hydrogens is 486 g/mol. The van der Waals surface area contributed by atoms with Crippen molar-refractivity contribution in [3.05, 3.63) is 93.5 Å². The Bertz CT molecular complexity index is 1320. The molecular formula is C26H22ClN3O6. The van der Waals surface area contributed by atoms with Crippen LogP contribution in [-0.4, -0.2) is 29.4 Å². The summed E-state index contributed by atoms with van der Waals surface area (Å²) in [4.78, 5) is 45.3. The maximum Gasteiger partial charge on any atom is 0.288 e. The maximum absolute atomic E-state index is 13.7. The molecule has 3 aromatic carbocycles. The molecule has 3 aromatic rings. The zero-order valence-electron chi connectivity index (χ0n) is 19.2. The van der Waals surface area contributed by atoms with Crippen molar-refractivity contribution in [2.24, 2.45) is 5.92 Å². The van der Waals surface area contributed by atoms with Gasteiger partial charge in [0, 0.05) is 6.07 Å². The summed E-state index contributed by atoms with van der Waals surface area (Å²) >= 11 is 6.04. The van der Waals surface area contributed by atoms with Crippen LogP contribution >= 0.6 is 11.6 Å². The highest BCUT2D eigenvalue weighted by Crippen LogP contribution is 2.48. The molecule has 2 saturated heterocycles. The van der Waals surface area contributed by atoms with Crippen LogP contribution in [0.25, 0.3) is 0 Å². The predicted molar refractivity (Wildman–Crippen MR) is 133 cm³/mol. The minimum Gasteiger partial charge on any atom is -0.494 e. The second-order valence-corrected chi connectivity index (χ2v) is 8.89. The normalized spacial score (nSPS) is 21.1. The minimum absolute atomic E-state index is 0.0219. The van der Waals surface area contributed by atoms with Gasteiger partial charge in [0.05, 0.1) is 28.9 Å². The number of fused-ring (bicyclic) bond motifs is 1. The highest BCUT2D eigenvalue weighted by Gasteiger charge is 2.60. The summed E-state index contributed by atoms with van der Waals surface area (Å²) in [5.41, 5.74) is 1.16. The molecule has 0 unspecified atom stereocenters. The fourth-order valence-electron chi connectivity index (χ4n) is 4.57. The van der Waals surface area contributed by atoms with Gasteiger partial charge in [0.15, 0.2) is 6.10 Å². The number of nitro groups is 1. The van der Waals surface area contributed by atoms with Crippen molar-refractivity contribution in [2.45, 2.75) is 25.5 Å². The fourth-order valence-corrected chi connectivity index (χ4v) is 4.76. The Hall–Kier alpha value is -3.95. The average Bonchev–Trinajstić information content (AvgIpc) is 3.39. The van der Waals surface area contributed by atoms with E-state index in [2.05, 4.69) is 0 Å². The van der Waals surface area contributed by atoms with Crippen LogP contribution in [0, 0.1) is 16.0 Å². The molecule has 2 fully saturated rings. The Balaban J connectivity index is 1.54. The lowest BCUT2D eigenvalue weighted by Gasteiger charge is -2.28. The molecule has 2 aliphatic heterocycles. The Morgan fingerprint density at radius 3 is 2.39 bits per heavy atom. The van der Waals surface area contributed by atoms with Crippen molar-refractivity contribution in [3.8, 4) is 5.75 Å². The van der Waals surface area contributed by atoms with Crippen LogP contribution in [0.15, 0.2) is 72.8 Å². The van der Waals surface area contributed by atoms with Crippen LogP contribution in [0.3, 0.4) is 0 Å². The number of hydroxylamine groups is 1. The molecule has 10 heteroatoms. The topological polar surface area (TPSA) is 102 Å². The van der Waals surface area contributed by atoms with Crippen molar-refractivity contribution < 1.29 is 24.1 Å². The summed E-state index contributed by atoms with van der Waals surface area (Å²) in [6.45, 7) is 2.56. The van der Waals surface area contributed by atoms with Gasteiger partial charge < -0.3 is 4.74 Å². The largest absolute Gasteiger partial charge is 0.494 e. The van der Waals surface area contributed by atoms with Crippen molar-refractivity contribution in [2.75, 3.05) is 16.6 Å². The quantitative estimate of drug-likeness (QED) is 0.249. The Labute approximate surface area is 211 Å². The van der Waals surface area contributed by atoms with Crippen molar-refractivity contribution in [1.29, 1.82) is 0 Å². The summed E-state index contributed by atoms with van der Waals surface area (Å²) < 4.78 is 5.59. The predicted octanol–water partition coefficient (Wildman–Crippen LogP) is 5.09. The number of rotatable bonds is 7. The van der Waals surface area contributed by atoms with Crippen LogP contribution in [-0.2, 0) is 14.4 Å². The van der Waals surface area contributed by atoms with Gasteiger partial charge in [0.1, 0.15) is 16.7 Å². The van der Waals surface area contributed by atoms with Crippen molar-refractivity contribution in [3.63, 3.8) is 0 Å². The number of halogens is 1. The fraction of sp³-hybridized carbons (Fsp3) is 0.231. The van der Waals surface area contributed by atoms with Gasteiger partial charge in [-0.2, -0.15) is 0 Å². The highest BCUT2D eigenvalue weighted by molar-refractivity contribution is 6.32. The van der Waals surface area contributed by atoms with E-state index in [-0.39, 0.29) is 10.7 Å². The number of carbonyl (C=O) groups is 2. The first-order valence-electron chi connectivity index (χ1n) is 11.5. The molecule has 2 heterocycles. The third kappa shape index (κ3) is 4.06. The average molecular weight is 508 g/mol. The second kappa shape index (κ2) is 9.60. The maximum atomic E-state index is 13.7. The molecule has 5 rings (SSSR count). The first-order chi connectivity index (χ1) is 17.4. The van der Waals surface area contributed by atoms with Gasteiger partial charge in [-0.3, -0.25) is 24.5 Å². The molecule has 9 nitrogen and oxygen atoms in total. The molecule has 36 heavy (non-hydrogen) atoms. The molecule has 0 aromatic heterocycles. The first kappa shape index (κ1) is 23.8. The zero-order valence-corrected chi connectivity index (χ0v) is 20.0. The van der Waals surface area contributed by atoms with E-state index < -0.39 is 34.8 Å². The number of para-hydroxylation sites is 1. The van der Waals surface area contributed by atoms with E-state index in [4.69, 9.17) is 21.2 Å². The molecule has 2 aliphatic rings. The highest BCUT2D eigenvalue weighted by atomic mass is 35.5. The Kier molecular flexibility index (Phi) is 6.34. The third-order valence-corrected chi connectivity index (χ3v) is 6.52. The SMILES string of the molecule is CCCOc1ccc(N2C(=O)[C@H]3[C@H](ON(c4ccccc4)[C@@H]3c3ccc(Cl)c([N+](=O)[O-])c3)C2=O)cc1. The van der Waals surface area contributed by atoms with E-state index in [9.17, 15) is 19.7 Å². The van der Waals surface area contributed by atoms with E-state index in [1.54, 1.807) is 54.6 Å². The molecule has 2 amide bonds. The lowest BCUT2D eigenvalue weighted by molar-refractivity contribution is -0.384. The molecule has 0 radical (unpaired) electrons. The van der Waals surface area contributed by atoms with E-state index in [1.807, 2.05) is 13.0 Å². The molecule has 3 atom stereocenters. The number of carbonyl (C=O) groups excluding carboxylic acids is 2. The standard InChI is InChI=1S/C26H22ClN3O6/c1-2-14-35-19-11-9-17(10-12-19)28-25(31)22-23(16-8-13-20(27)21(15-16)30(33)34)29(36-24(22)26(28)32)18-6-4-3-5-7-18/h3-13,15,22-24H,2,14H2,1H3/t22-,23-,24+/m1/s1. The van der Waals surface area contributed by atoms with Crippen LogP contribution < -0.4 is 14.7 Å². The second-order valence-electron chi connectivity index (χ2n) is 8.48. The van der Waals surface area contributed by atoms with Gasteiger partial charge in [-0.15, -0.1) is 0 Å². The Morgan fingerprint density at radius 1 is 1.00 bits per heavy atom. The van der Waals surface area contributed by atoms with Crippen LogP contribution in [0.5, 0.6) is 5.75 Å². The number of amides is 2. The number of hydrogen-bond donors (Lipinski definition) is 0. The van der Waals surface area contributed by atoms with E-state index >= 15 is 0 Å². The summed E-state index contributed by atoms with van der Waals surface area (Å²) in [7, 11) is 0. The van der Waals surface area contributed by atoms with Crippen LogP contribution in [0.1, 0.15) is 24.9 Å². The first-order valence-corrected chi connectivity index (χ1v) is 11.8. The van der Waals surface area contributed by atoms with E-state index in [1.165, 1.54) is 17.2 Å². The third-order valence-electron chi connectivity index (χ3n) is 6.20. The summed E-state index contributed by atoms with van der Waals surface area (Å²) in [6, 6.07) is 19.3. The monoisotopic (exact) mass is 507 g/mol. The number of imide groups is 1. The van der Waals surface area contributed by atoms with Gasteiger partial charge in [0.2, 0.25) is 5.91 Å². The minimum atomic E-state index is -1.09. The number of nitrogens with zero attached hydrogens (tertiary/aromatic N) is 3. The lowest BCUT2D eigenvalue weighted by atomic mass is 9.90. The van der Waals surface area contributed by atoms with Gasteiger partial charge in [-0.1, -0.05) is 42.8 Å². The number of benzene rings is 3. The van der Waals surface area contributed by atoms with E-state index in [0.717, 1.165) is 11.3 Å². The van der Waals surface area contributed by atoms with Crippen LogP contribution in [0.2, 0.25) is 5.02 Å². The lowest BCUT2D eigenvalue weighted by Crippen LogP contribution is -2.37. The summed E-state index contributed by atoms with van der Waals surface area (Å²) in [5, 5.41) is 13.0. The molecule has 0 N–H and O–H groups in total. The molecule has 0 bridgehead atoms. The smallest absolute Gasteiger partial charge is 0.288 e.